The third-order valence-electron chi connectivity index (χ3n) is 2.28. The SMILES string of the molecule is O=C(O)NCCCC(=O)Nc1ccc(CO)cc1. The highest BCUT2D eigenvalue weighted by Gasteiger charge is 2.02. The van der Waals surface area contributed by atoms with Crippen molar-refractivity contribution in [2.24, 2.45) is 0 Å². The van der Waals surface area contributed by atoms with Crippen molar-refractivity contribution in [1.82, 2.24) is 5.32 Å². The lowest BCUT2D eigenvalue weighted by Crippen LogP contribution is -2.23. The molecule has 0 saturated heterocycles. The van der Waals surface area contributed by atoms with Gasteiger partial charge in [0.15, 0.2) is 0 Å². The van der Waals surface area contributed by atoms with Crippen LogP contribution < -0.4 is 10.6 Å². The second-order valence-electron chi connectivity index (χ2n) is 3.74. The summed E-state index contributed by atoms with van der Waals surface area (Å²) in [4.78, 5) is 21.6. The van der Waals surface area contributed by atoms with Crippen LogP contribution in [0, 0.1) is 0 Å². The Morgan fingerprint density at radius 1 is 1.17 bits per heavy atom. The van der Waals surface area contributed by atoms with E-state index in [0.717, 1.165) is 5.56 Å². The summed E-state index contributed by atoms with van der Waals surface area (Å²) in [6, 6.07) is 6.86. The first kappa shape index (κ1) is 14.0. The molecule has 18 heavy (non-hydrogen) atoms. The number of carbonyl (C=O) groups excluding carboxylic acids is 1. The monoisotopic (exact) mass is 252 g/mol. The summed E-state index contributed by atoms with van der Waals surface area (Å²) in [5.74, 6) is -0.168. The highest BCUT2D eigenvalue weighted by molar-refractivity contribution is 5.90. The minimum absolute atomic E-state index is 0.0327. The van der Waals surface area contributed by atoms with Crippen LogP contribution in [0.3, 0.4) is 0 Å². The normalized spacial score (nSPS) is 9.83. The van der Waals surface area contributed by atoms with Gasteiger partial charge in [0.1, 0.15) is 0 Å². The van der Waals surface area contributed by atoms with Gasteiger partial charge in [-0.15, -0.1) is 0 Å². The second-order valence-corrected chi connectivity index (χ2v) is 3.74. The zero-order valence-corrected chi connectivity index (χ0v) is 9.85. The quantitative estimate of drug-likeness (QED) is 0.571. The van der Waals surface area contributed by atoms with Gasteiger partial charge in [-0.2, -0.15) is 0 Å². The lowest BCUT2D eigenvalue weighted by atomic mass is 10.2. The minimum Gasteiger partial charge on any atom is -0.465 e. The van der Waals surface area contributed by atoms with Gasteiger partial charge < -0.3 is 20.8 Å². The van der Waals surface area contributed by atoms with Gasteiger partial charge in [-0.25, -0.2) is 4.79 Å². The van der Waals surface area contributed by atoms with Crippen molar-refractivity contribution in [3.63, 3.8) is 0 Å². The molecule has 0 heterocycles. The fourth-order valence-corrected chi connectivity index (χ4v) is 1.36. The van der Waals surface area contributed by atoms with Crippen LogP contribution in [0.25, 0.3) is 0 Å². The Kier molecular flexibility index (Phi) is 5.66. The molecule has 6 nitrogen and oxygen atoms in total. The predicted octanol–water partition coefficient (Wildman–Crippen LogP) is 1.17. The van der Waals surface area contributed by atoms with Crippen molar-refractivity contribution in [2.75, 3.05) is 11.9 Å². The van der Waals surface area contributed by atoms with Crippen LogP contribution in [0.2, 0.25) is 0 Å². The molecule has 98 valence electrons. The van der Waals surface area contributed by atoms with E-state index in [1.807, 2.05) is 0 Å². The first-order valence-corrected chi connectivity index (χ1v) is 5.58. The van der Waals surface area contributed by atoms with Crippen LogP contribution in [0.5, 0.6) is 0 Å². The number of amides is 2. The Hall–Kier alpha value is -2.08. The molecule has 1 rings (SSSR count). The van der Waals surface area contributed by atoms with E-state index >= 15 is 0 Å². The zero-order valence-electron chi connectivity index (χ0n) is 9.85. The molecule has 0 bridgehead atoms. The summed E-state index contributed by atoms with van der Waals surface area (Å²) in [5, 5.41) is 22.1. The molecule has 1 aromatic carbocycles. The lowest BCUT2D eigenvalue weighted by molar-refractivity contribution is -0.116. The van der Waals surface area contributed by atoms with Crippen LogP contribution in [0.4, 0.5) is 10.5 Å². The average molecular weight is 252 g/mol. The first-order chi connectivity index (χ1) is 8.61. The molecular weight excluding hydrogens is 236 g/mol. The fraction of sp³-hybridized carbons (Fsp3) is 0.333. The number of hydrogen-bond acceptors (Lipinski definition) is 3. The summed E-state index contributed by atoms with van der Waals surface area (Å²) in [5.41, 5.74) is 1.43. The van der Waals surface area contributed by atoms with Gasteiger partial charge in [0.05, 0.1) is 6.61 Å². The second kappa shape index (κ2) is 7.29. The Morgan fingerprint density at radius 3 is 2.39 bits per heavy atom. The fourth-order valence-electron chi connectivity index (χ4n) is 1.36. The Bertz CT molecular complexity index is 403. The number of aliphatic hydroxyl groups excluding tert-OH is 1. The number of hydrogen-bond donors (Lipinski definition) is 4. The molecule has 1 aromatic rings. The molecule has 0 spiro atoms. The van der Waals surface area contributed by atoms with Crippen molar-refractivity contribution >= 4 is 17.7 Å². The Balaban J connectivity index is 2.28. The molecule has 0 aromatic heterocycles. The number of rotatable bonds is 6. The number of aliphatic hydroxyl groups is 1. The number of anilines is 1. The molecule has 0 aliphatic rings. The summed E-state index contributed by atoms with van der Waals surface area (Å²) in [7, 11) is 0. The maximum Gasteiger partial charge on any atom is 0.404 e. The van der Waals surface area contributed by atoms with Crippen LogP contribution in [0.1, 0.15) is 18.4 Å². The molecule has 0 atom stereocenters. The number of nitrogens with one attached hydrogen (secondary N) is 2. The first-order valence-electron chi connectivity index (χ1n) is 5.58. The third kappa shape index (κ3) is 5.31. The van der Waals surface area contributed by atoms with Crippen molar-refractivity contribution < 1.29 is 19.8 Å². The van der Waals surface area contributed by atoms with Gasteiger partial charge in [-0.3, -0.25) is 4.79 Å². The van der Waals surface area contributed by atoms with Crippen LogP contribution in [-0.2, 0) is 11.4 Å². The van der Waals surface area contributed by atoms with E-state index in [2.05, 4.69) is 10.6 Å². The van der Waals surface area contributed by atoms with Gasteiger partial charge in [-0.05, 0) is 24.1 Å². The molecule has 0 aliphatic carbocycles. The number of carboxylic acid groups (broad SMARTS) is 1. The molecule has 0 unspecified atom stereocenters. The highest BCUT2D eigenvalue weighted by Crippen LogP contribution is 2.09. The molecule has 2 amide bonds. The van der Waals surface area contributed by atoms with E-state index in [4.69, 9.17) is 10.2 Å². The standard InChI is InChI=1S/C12H16N2O4/c15-8-9-3-5-10(6-4-9)14-11(16)2-1-7-13-12(17)18/h3-6,13,15H,1-2,7-8H2,(H,14,16)(H,17,18). The maximum atomic E-state index is 11.5. The van der Waals surface area contributed by atoms with E-state index < -0.39 is 6.09 Å². The predicted molar refractivity (Wildman–Crippen MR) is 66.3 cm³/mol. The number of benzene rings is 1. The van der Waals surface area contributed by atoms with E-state index in [0.29, 0.717) is 12.1 Å². The largest absolute Gasteiger partial charge is 0.465 e. The summed E-state index contributed by atoms with van der Waals surface area (Å²) in [6.07, 6.45) is -0.385. The van der Waals surface area contributed by atoms with Crippen LogP contribution >= 0.6 is 0 Å². The van der Waals surface area contributed by atoms with Gasteiger partial charge in [0, 0.05) is 18.7 Å². The van der Waals surface area contributed by atoms with Gasteiger partial charge in [0.2, 0.25) is 5.91 Å². The maximum absolute atomic E-state index is 11.5. The highest BCUT2D eigenvalue weighted by atomic mass is 16.4. The lowest BCUT2D eigenvalue weighted by Gasteiger charge is -2.06. The Labute approximate surface area is 105 Å². The molecule has 0 radical (unpaired) electrons. The van der Waals surface area contributed by atoms with E-state index in [9.17, 15) is 9.59 Å². The van der Waals surface area contributed by atoms with Gasteiger partial charge in [0.25, 0.3) is 0 Å². The van der Waals surface area contributed by atoms with E-state index in [1.165, 1.54) is 0 Å². The van der Waals surface area contributed by atoms with E-state index in [-0.39, 0.29) is 25.5 Å². The van der Waals surface area contributed by atoms with Crippen molar-refractivity contribution in [3.05, 3.63) is 29.8 Å². The molecule has 6 heteroatoms. The molecule has 0 aliphatic heterocycles. The van der Waals surface area contributed by atoms with Gasteiger partial charge in [-0.1, -0.05) is 12.1 Å². The van der Waals surface area contributed by atoms with E-state index in [1.54, 1.807) is 24.3 Å². The van der Waals surface area contributed by atoms with Crippen molar-refractivity contribution in [3.8, 4) is 0 Å². The average Bonchev–Trinajstić information content (AvgIpc) is 2.35. The van der Waals surface area contributed by atoms with Gasteiger partial charge >= 0.3 is 6.09 Å². The minimum atomic E-state index is -1.09. The third-order valence-corrected chi connectivity index (χ3v) is 2.28. The molecule has 4 N–H and O–H groups in total. The zero-order chi connectivity index (χ0) is 13.4. The molecule has 0 fully saturated rings. The topological polar surface area (TPSA) is 98.7 Å². The smallest absolute Gasteiger partial charge is 0.404 e. The summed E-state index contributed by atoms with van der Waals surface area (Å²) in [6.45, 7) is 0.223. The summed E-state index contributed by atoms with van der Waals surface area (Å²) >= 11 is 0. The van der Waals surface area contributed by atoms with Crippen molar-refractivity contribution in [1.29, 1.82) is 0 Å². The summed E-state index contributed by atoms with van der Waals surface area (Å²) < 4.78 is 0. The van der Waals surface area contributed by atoms with Crippen LogP contribution in [0.15, 0.2) is 24.3 Å². The molecular formula is C12H16N2O4. The van der Waals surface area contributed by atoms with Crippen molar-refractivity contribution in [2.45, 2.75) is 19.4 Å². The molecule has 0 saturated carbocycles. The Morgan fingerprint density at radius 2 is 1.83 bits per heavy atom. The number of carbonyl (C=O) groups is 2. The van der Waals surface area contributed by atoms with Crippen LogP contribution in [-0.4, -0.2) is 28.8 Å².